The first-order chi connectivity index (χ1) is 8.83. The van der Waals surface area contributed by atoms with Gasteiger partial charge in [-0.3, -0.25) is 0 Å². The summed E-state index contributed by atoms with van der Waals surface area (Å²) in [6, 6.07) is 4.09. The van der Waals surface area contributed by atoms with E-state index in [1.807, 2.05) is 20.0 Å². The molecule has 0 radical (unpaired) electrons. The van der Waals surface area contributed by atoms with Gasteiger partial charge in [0.25, 0.3) is 0 Å². The third-order valence-corrected chi connectivity index (χ3v) is 3.90. The van der Waals surface area contributed by atoms with E-state index in [9.17, 15) is 0 Å². The Morgan fingerprint density at radius 3 is 2.47 bits per heavy atom. The molecule has 0 fully saturated rings. The molecular weight excluding hydrogens is 258 g/mol. The molecule has 3 heteroatoms. The van der Waals surface area contributed by atoms with Gasteiger partial charge in [0.05, 0.1) is 0 Å². The minimum atomic E-state index is -0.193. The van der Waals surface area contributed by atoms with Gasteiger partial charge in [-0.1, -0.05) is 32.4 Å². The Morgan fingerprint density at radius 1 is 1.37 bits per heavy atom. The van der Waals surface area contributed by atoms with Gasteiger partial charge in [0, 0.05) is 11.6 Å². The number of rotatable bonds is 6. The summed E-state index contributed by atoms with van der Waals surface area (Å²) in [7, 11) is 1.95. The van der Waals surface area contributed by atoms with Crippen molar-refractivity contribution < 1.29 is 4.74 Å². The average Bonchev–Trinajstić information content (AvgIpc) is 2.32. The fourth-order valence-corrected chi connectivity index (χ4v) is 2.53. The van der Waals surface area contributed by atoms with Crippen LogP contribution in [0.3, 0.4) is 0 Å². The number of hydrogen-bond acceptors (Lipinski definition) is 2. The molecule has 19 heavy (non-hydrogen) atoms. The zero-order valence-electron chi connectivity index (χ0n) is 12.9. The first kappa shape index (κ1) is 16.3. The van der Waals surface area contributed by atoms with Crippen molar-refractivity contribution in [3.05, 3.63) is 28.3 Å². The molecule has 1 aromatic carbocycles. The number of nitrogens with one attached hydrogen (secondary N) is 1. The molecule has 1 atom stereocenters. The van der Waals surface area contributed by atoms with Crippen LogP contribution in [0.1, 0.15) is 51.2 Å². The molecule has 0 bridgehead atoms. The zero-order chi connectivity index (χ0) is 14.6. The van der Waals surface area contributed by atoms with Crippen LogP contribution >= 0.6 is 11.6 Å². The minimum absolute atomic E-state index is 0.193. The van der Waals surface area contributed by atoms with E-state index < -0.39 is 0 Å². The maximum atomic E-state index is 6.29. The molecule has 108 valence electrons. The maximum Gasteiger partial charge on any atom is 0.123 e. The summed E-state index contributed by atoms with van der Waals surface area (Å²) in [5, 5.41) is 4.02. The first-order valence-electron chi connectivity index (χ1n) is 6.96. The van der Waals surface area contributed by atoms with Crippen LogP contribution in [-0.4, -0.2) is 19.2 Å². The lowest BCUT2D eigenvalue weighted by Gasteiger charge is -2.30. The predicted molar refractivity (Wildman–Crippen MR) is 83.5 cm³/mol. The number of ether oxygens (including phenoxy) is 1. The second kappa shape index (κ2) is 6.62. The van der Waals surface area contributed by atoms with Gasteiger partial charge in [0.15, 0.2) is 0 Å². The van der Waals surface area contributed by atoms with Crippen molar-refractivity contribution >= 4 is 11.6 Å². The molecule has 0 aromatic heterocycles. The van der Waals surface area contributed by atoms with Crippen molar-refractivity contribution in [3.63, 3.8) is 0 Å². The van der Waals surface area contributed by atoms with Crippen LogP contribution in [0.25, 0.3) is 0 Å². The van der Waals surface area contributed by atoms with Crippen LogP contribution in [0.2, 0.25) is 5.02 Å². The van der Waals surface area contributed by atoms with Gasteiger partial charge in [-0.05, 0) is 56.5 Å². The van der Waals surface area contributed by atoms with E-state index in [0.717, 1.165) is 34.9 Å². The van der Waals surface area contributed by atoms with Crippen LogP contribution in [0.15, 0.2) is 12.1 Å². The number of benzene rings is 1. The van der Waals surface area contributed by atoms with Gasteiger partial charge >= 0.3 is 0 Å². The highest BCUT2D eigenvalue weighted by atomic mass is 35.5. The summed E-state index contributed by atoms with van der Waals surface area (Å²) >= 11 is 6.29. The number of aryl methyl sites for hydroxylation is 1. The molecule has 0 aliphatic heterocycles. The normalized spacial score (nSPS) is 14.5. The van der Waals surface area contributed by atoms with E-state index in [0.29, 0.717) is 5.92 Å². The lowest BCUT2D eigenvalue weighted by Crippen LogP contribution is -2.41. The predicted octanol–water partition coefficient (Wildman–Crippen LogP) is 4.54. The summed E-state index contributed by atoms with van der Waals surface area (Å²) in [5.41, 5.74) is 2.04. The molecule has 0 spiro atoms. The maximum absolute atomic E-state index is 6.29. The molecule has 1 aromatic rings. The third-order valence-electron chi connectivity index (χ3n) is 3.57. The second-order valence-electron chi connectivity index (χ2n) is 5.73. The Labute approximate surface area is 122 Å². The Hall–Kier alpha value is -0.730. The van der Waals surface area contributed by atoms with E-state index >= 15 is 0 Å². The van der Waals surface area contributed by atoms with Crippen LogP contribution in [0, 0.1) is 6.92 Å². The van der Waals surface area contributed by atoms with Gasteiger partial charge in [-0.15, -0.1) is 0 Å². The van der Waals surface area contributed by atoms with E-state index in [-0.39, 0.29) is 5.60 Å². The monoisotopic (exact) mass is 283 g/mol. The largest absolute Gasteiger partial charge is 0.486 e. The molecule has 0 aliphatic carbocycles. The topological polar surface area (TPSA) is 21.3 Å². The van der Waals surface area contributed by atoms with Crippen molar-refractivity contribution in [2.24, 2.45) is 0 Å². The highest BCUT2D eigenvalue weighted by Crippen LogP contribution is 2.33. The highest BCUT2D eigenvalue weighted by molar-refractivity contribution is 6.31. The van der Waals surface area contributed by atoms with Crippen molar-refractivity contribution in [2.45, 2.75) is 52.6 Å². The molecule has 0 saturated carbocycles. The van der Waals surface area contributed by atoms with Gasteiger partial charge in [0.1, 0.15) is 11.4 Å². The fourth-order valence-electron chi connectivity index (χ4n) is 2.09. The Morgan fingerprint density at radius 2 is 2.00 bits per heavy atom. The van der Waals surface area contributed by atoms with Gasteiger partial charge in [0.2, 0.25) is 0 Å². The third kappa shape index (κ3) is 4.12. The number of halogens is 1. The van der Waals surface area contributed by atoms with Crippen molar-refractivity contribution in [3.8, 4) is 5.75 Å². The SMILES string of the molecule is CCC(C)(CNC)Oc1cc(C(C)C)c(Cl)cc1C. The Bertz CT molecular complexity index is 431. The zero-order valence-corrected chi connectivity index (χ0v) is 13.7. The highest BCUT2D eigenvalue weighted by Gasteiger charge is 2.24. The fraction of sp³-hybridized carbons (Fsp3) is 0.625. The number of hydrogen-bond donors (Lipinski definition) is 1. The molecule has 0 aliphatic rings. The Balaban J connectivity index is 3.10. The minimum Gasteiger partial charge on any atom is -0.486 e. The summed E-state index contributed by atoms with van der Waals surface area (Å²) in [6.45, 7) is 11.4. The van der Waals surface area contributed by atoms with Crippen LogP contribution in [0.5, 0.6) is 5.75 Å². The summed E-state index contributed by atoms with van der Waals surface area (Å²) < 4.78 is 6.25. The molecule has 0 heterocycles. The van der Waals surface area contributed by atoms with Gasteiger partial charge in [-0.2, -0.15) is 0 Å². The van der Waals surface area contributed by atoms with E-state index in [1.165, 1.54) is 0 Å². The van der Waals surface area contributed by atoms with Crippen LogP contribution in [-0.2, 0) is 0 Å². The van der Waals surface area contributed by atoms with Crippen LogP contribution in [0.4, 0.5) is 0 Å². The first-order valence-corrected chi connectivity index (χ1v) is 7.34. The lowest BCUT2D eigenvalue weighted by molar-refractivity contribution is 0.0848. The summed E-state index contributed by atoms with van der Waals surface area (Å²) in [4.78, 5) is 0. The van der Waals surface area contributed by atoms with Gasteiger partial charge < -0.3 is 10.1 Å². The summed E-state index contributed by atoms with van der Waals surface area (Å²) in [6.07, 6.45) is 0.951. The van der Waals surface area contributed by atoms with Crippen LogP contribution < -0.4 is 10.1 Å². The molecular formula is C16H26ClNO. The molecule has 1 N–H and O–H groups in total. The Kier molecular flexibility index (Phi) is 5.69. The molecule has 0 amide bonds. The quantitative estimate of drug-likeness (QED) is 0.828. The number of likely N-dealkylation sites (N-methyl/N-ethyl adjacent to an activating group) is 1. The lowest BCUT2D eigenvalue weighted by atomic mass is 9.99. The molecule has 1 rings (SSSR count). The second-order valence-corrected chi connectivity index (χ2v) is 6.14. The van der Waals surface area contributed by atoms with E-state index in [2.05, 4.69) is 39.1 Å². The molecule has 2 nitrogen and oxygen atoms in total. The van der Waals surface area contributed by atoms with Crippen molar-refractivity contribution in [1.29, 1.82) is 0 Å². The van der Waals surface area contributed by atoms with Crippen molar-refractivity contribution in [2.75, 3.05) is 13.6 Å². The standard InChI is InChI=1S/C16H26ClNO/c1-7-16(5,10-18-6)19-15-9-13(11(2)3)14(17)8-12(15)4/h8-9,11,18H,7,10H2,1-6H3. The molecule has 0 saturated heterocycles. The van der Waals surface area contributed by atoms with Crippen molar-refractivity contribution in [1.82, 2.24) is 5.32 Å². The van der Waals surface area contributed by atoms with Gasteiger partial charge in [-0.25, -0.2) is 0 Å². The summed E-state index contributed by atoms with van der Waals surface area (Å²) in [5.74, 6) is 1.33. The smallest absolute Gasteiger partial charge is 0.123 e. The average molecular weight is 284 g/mol. The van der Waals surface area contributed by atoms with E-state index in [1.54, 1.807) is 0 Å². The van der Waals surface area contributed by atoms with E-state index in [4.69, 9.17) is 16.3 Å². The molecule has 1 unspecified atom stereocenters.